The number of aromatic nitrogens is 1. The Morgan fingerprint density at radius 1 is 1.88 bits per heavy atom. The Morgan fingerprint density at radius 3 is 2.88 bits per heavy atom. The summed E-state index contributed by atoms with van der Waals surface area (Å²) in [5, 5.41) is 1.92. The molecule has 1 heterocycles. The smallest absolute Gasteiger partial charge is 0.265 e. The third kappa shape index (κ3) is 0.840. The molecule has 0 saturated carbocycles. The minimum Gasteiger partial charge on any atom is -0.265 e. The summed E-state index contributed by atoms with van der Waals surface area (Å²) in [6.45, 7) is 0. The van der Waals surface area contributed by atoms with Crippen molar-refractivity contribution in [3.63, 3.8) is 0 Å². The van der Waals surface area contributed by atoms with E-state index in [4.69, 9.17) is 5.73 Å². The van der Waals surface area contributed by atoms with Crippen LogP contribution in [0.2, 0.25) is 0 Å². The molecule has 0 aliphatic carbocycles. The number of nitrogens with one attached hydrogen (secondary N) is 1. The van der Waals surface area contributed by atoms with Gasteiger partial charge < -0.3 is 0 Å². The maximum absolute atomic E-state index is 10.1. The third-order valence-corrected chi connectivity index (χ3v) is 1.40. The van der Waals surface area contributed by atoms with Gasteiger partial charge in [0, 0.05) is 11.6 Å². The van der Waals surface area contributed by atoms with Crippen molar-refractivity contribution in [2.24, 2.45) is 0 Å². The molecule has 0 aliphatic heterocycles. The van der Waals surface area contributed by atoms with Gasteiger partial charge in [-0.1, -0.05) is 0 Å². The molecule has 3 nitrogen and oxygen atoms in total. The van der Waals surface area contributed by atoms with Crippen molar-refractivity contribution in [1.82, 2.24) is 10.7 Å². The third-order valence-electron chi connectivity index (χ3n) is 0.627. The van der Waals surface area contributed by atoms with Crippen LogP contribution in [0.3, 0.4) is 0 Å². The average Bonchev–Trinajstić information content (AvgIpc) is 2.12. The van der Waals surface area contributed by atoms with E-state index in [1.807, 2.05) is 0 Å². The van der Waals surface area contributed by atoms with Crippen molar-refractivity contribution in [2.45, 2.75) is 0 Å². The quantitative estimate of drug-likeness (QED) is 0.553. The van der Waals surface area contributed by atoms with E-state index in [0.717, 1.165) is 0 Å². The van der Waals surface area contributed by atoms with Gasteiger partial charge >= 0.3 is 0 Å². The van der Waals surface area contributed by atoms with Crippen LogP contribution < -0.4 is 5.73 Å². The molecule has 0 bridgehead atoms. The number of thiazole rings is 1. The van der Waals surface area contributed by atoms with E-state index in [9.17, 15) is 4.79 Å². The largest absolute Gasteiger partial charge is 0.298 e. The van der Waals surface area contributed by atoms with E-state index in [-0.39, 0.29) is 5.01 Å². The number of carbonyl (C=O) groups is 1. The molecule has 0 aromatic carbocycles. The Hall–Kier alpha value is -0.900. The molecule has 1 rings (SSSR count). The van der Waals surface area contributed by atoms with Crippen LogP contribution in [0.1, 0.15) is 9.80 Å². The van der Waals surface area contributed by atoms with E-state index >= 15 is 0 Å². The van der Waals surface area contributed by atoms with Gasteiger partial charge in [0.25, 0.3) is 5.91 Å². The summed E-state index contributed by atoms with van der Waals surface area (Å²) >= 11 is 1.18. The molecular formula is C4H3N2OS. The molecule has 0 aliphatic rings. The van der Waals surface area contributed by atoms with E-state index < -0.39 is 5.91 Å². The first-order chi connectivity index (χ1) is 3.80. The number of rotatable bonds is 1. The number of nitrogens with zero attached hydrogens (tertiary/aromatic N) is 1. The fourth-order valence-electron chi connectivity index (χ4n) is 0.336. The van der Waals surface area contributed by atoms with E-state index in [2.05, 4.69) is 4.98 Å². The Morgan fingerprint density at radius 2 is 2.62 bits per heavy atom. The predicted molar refractivity (Wildman–Crippen MR) is 29.5 cm³/mol. The molecule has 0 saturated heterocycles. The van der Waals surface area contributed by atoms with Crippen LogP contribution in [0.15, 0.2) is 11.6 Å². The van der Waals surface area contributed by atoms with Gasteiger partial charge in [0.1, 0.15) is 0 Å². The van der Waals surface area contributed by atoms with Crippen molar-refractivity contribution in [2.75, 3.05) is 0 Å². The van der Waals surface area contributed by atoms with E-state index in [1.165, 1.54) is 17.5 Å². The zero-order chi connectivity index (χ0) is 5.98. The van der Waals surface area contributed by atoms with E-state index in [1.54, 1.807) is 5.38 Å². The Labute approximate surface area is 50.2 Å². The second-order valence-electron chi connectivity index (χ2n) is 1.17. The van der Waals surface area contributed by atoms with Gasteiger partial charge in [-0.2, -0.15) is 0 Å². The summed E-state index contributed by atoms with van der Waals surface area (Å²) in [5.74, 6) is -0.708. The highest BCUT2D eigenvalue weighted by Gasteiger charge is 2.00. The molecule has 8 heavy (non-hydrogen) atoms. The van der Waals surface area contributed by atoms with Crippen LogP contribution in [0.4, 0.5) is 0 Å². The molecule has 0 unspecified atom stereocenters. The molecule has 0 spiro atoms. The first-order valence-corrected chi connectivity index (χ1v) is 2.84. The highest BCUT2D eigenvalue weighted by atomic mass is 32.1. The molecule has 1 amide bonds. The summed E-state index contributed by atoms with van der Waals surface area (Å²) in [7, 11) is 0. The predicted octanol–water partition coefficient (Wildman–Crippen LogP) is 0.566. The van der Waals surface area contributed by atoms with Gasteiger partial charge in [-0.05, 0) is 0 Å². The maximum atomic E-state index is 10.1. The second kappa shape index (κ2) is 1.92. The van der Waals surface area contributed by atoms with Crippen LogP contribution in [0, 0.1) is 0 Å². The average molecular weight is 127 g/mol. The summed E-state index contributed by atoms with van der Waals surface area (Å²) < 4.78 is 0. The topological polar surface area (TPSA) is 53.8 Å². The maximum Gasteiger partial charge on any atom is 0.298 e. The highest BCUT2D eigenvalue weighted by Crippen LogP contribution is 2.01. The van der Waals surface area contributed by atoms with Crippen molar-refractivity contribution in [1.29, 1.82) is 0 Å². The highest BCUT2D eigenvalue weighted by molar-refractivity contribution is 7.11. The summed E-state index contributed by atoms with van der Waals surface area (Å²) in [5.41, 5.74) is 6.54. The SMILES string of the molecule is [NH]C(=O)c1nccs1. The van der Waals surface area contributed by atoms with Gasteiger partial charge in [-0.15, -0.1) is 11.3 Å². The van der Waals surface area contributed by atoms with Crippen LogP contribution >= 0.6 is 11.3 Å². The zero-order valence-electron chi connectivity index (χ0n) is 3.92. The molecule has 1 aromatic rings. The molecular weight excluding hydrogens is 124 g/mol. The number of carbonyl (C=O) groups excluding carboxylic acids is 1. The lowest BCUT2D eigenvalue weighted by atomic mass is 10.7. The molecule has 1 N–H and O–H groups in total. The van der Waals surface area contributed by atoms with Crippen molar-refractivity contribution in [3.8, 4) is 0 Å². The monoisotopic (exact) mass is 127 g/mol. The van der Waals surface area contributed by atoms with Gasteiger partial charge in [0.2, 0.25) is 0 Å². The van der Waals surface area contributed by atoms with Crippen molar-refractivity contribution in [3.05, 3.63) is 16.6 Å². The lowest BCUT2D eigenvalue weighted by Gasteiger charge is -1.76. The second-order valence-corrected chi connectivity index (χ2v) is 2.06. The Bertz CT molecular complexity index is 182. The summed E-state index contributed by atoms with van der Waals surface area (Å²) in [4.78, 5) is 13.7. The number of amides is 1. The molecule has 1 aromatic heterocycles. The lowest BCUT2D eigenvalue weighted by molar-refractivity contribution is 0.0991. The standard InChI is InChI=1S/C4H3N2OS/c5-3(7)4-6-1-2-8-4/h1-2,5H. The normalized spacial score (nSPS) is 9.00. The molecule has 41 valence electrons. The number of hydrogen-bond donors (Lipinski definition) is 0. The fraction of sp³-hybridized carbons (Fsp3) is 0. The first kappa shape index (κ1) is 5.24. The minimum absolute atomic E-state index is 0.255. The molecule has 0 fully saturated rings. The van der Waals surface area contributed by atoms with Crippen LogP contribution in [0.5, 0.6) is 0 Å². The Kier molecular flexibility index (Phi) is 1.26. The molecule has 1 radical (unpaired) electrons. The van der Waals surface area contributed by atoms with Gasteiger partial charge in [-0.25, -0.2) is 4.98 Å². The summed E-state index contributed by atoms with van der Waals surface area (Å²) in [6.07, 6.45) is 1.51. The van der Waals surface area contributed by atoms with Gasteiger partial charge in [0.05, 0.1) is 0 Å². The van der Waals surface area contributed by atoms with Gasteiger partial charge in [-0.3, -0.25) is 10.5 Å². The minimum atomic E-state index is -0.708. The van der Waals surface area contributed by atoms with Gasteiger partial charge in [0.15, 0.2) is 5.01 Å². The fourth-order valence-corrected chi connectivity index (χ4v) is 0.815. The van der Waals surface area contributed by atoms with Crippen molar-refractivity contribution >= 4 is 17.2 Å². The number of hydrogen-bond acceptors (Lipinski definition) is 3. The molecule has 0 atom stereocenters. The van der Waals surface area contributed by atoms with Crippen LogP contribution in [0.25, 0.3) is 0 Å². The van der Waals surface area contributed by atoms with Crippen LogP contribution in [-0.2, 0) is 0 Å². The lowest BCUT2D eigenvalue weighted by Crippen LogP contribution is -1.95. The molecule has 4 heteroatoms. The van der Waals surface area contributed by atoms with Crippen molar-refractivity contribution < 1.29 is 4.79 Å². The summed E-state index contributed by atoms with van der Waals surface area (Å²) in [6, 6.07) is 0. The van der Waals surface area contributed by atoms with Crippen LogP contribution in [-0.4, -0.2) is 10.9 Å². The van der Waals surface area contributed by atoms with E-state index in [0.29, 0.717) is 0 Å². The zero-order valence-corrected chi connectivity index (χ0v) is 4.73. The Balaban J connectivity index is 2.93. The first-order valence-electron chi connectivity index (χ1n) is 1.96.